The second-order valence-electron chi connectivity index (χ2n) is 5.87. The van der Waals surface area contributed by atoms with Gasteiger partial charge in [-0.15, -0.1) is 0 Å². The fourth-order valence-corrected chi connectivity index (χ4v) is 2.60. The zero-order valence-electron chi connectivity index (χ0n) is 15.0. The SMILES string of the molecule is COc1ccc(C)cc1COC(=O)c1ccccc1NC(=O)c1ccco1. The molecule has 3 aromatic rings. The van der Waals surface area contributed by atoms with E-state index in [0.29, 0.717) is 11.4 Å². The number of ether oxygens (including phenoxy) is 2. The molecule has 1 N–H and O–H groups in total. The number of para-hydroxylation sites is 1. The lowest BCUT2D eigenvalue weighted by molar-refractivity contribution is 0.0471. The third kappa shape index (κ3) is 4.36. The van der Waals surface area contributed by atoms with E-state index in [1.54, 1.807) is 43.5 Å². The molecule has 0 aliphatic rings. The minimum atomic E-state index is -0.547. The smallest absolute Gasteiger partial charge is 0.340 e. The van der Waals surface area contributed by atoms with E-state index in [0.717, 1.165) is 11.1 Å². The van der Waals surface area contributed by atoms with Crippen LogP contribution in [0.25, 0.3) is 0 Å². The van der Waals surface area contributed by atoms with Gasteiger partial charge in [0, 0.05) is 5.56 Å². The summed E-state index contributed by atoms with van der Waals surface area (Å²) in [5, 5.41) is 2.67. The summed E-state index contributed by atoms with van der Waals surface area (Å²) in [5.74, 6) is -0.190. The number of nitrogens with one attached hydrogen (secondary N) is 1. The second-order valence-corrected chi connectivity index (χ2v) is 5.87. The number of esters is 1. The molecule has 0 saturated heterocycles. The summed E-state index contributed by atoms with van der Waals surface area (Å²) in [5.41, 5.74) is 2.40. The average Bonchev–Trinajstić information content (AvgIpc) is 3.21. The lowest BCUT2D eigenvalue weighted by atomic mass is 10.1. The summed E-state index contributed by atoms with van der Waals surface area (Å²) in [4.78, 5) is 24.7. The summed E-state index contributed by atoms with van der Waals surface area (Å²) in [6, 6.07) is 15.4. The Balaban J connectivity index is 1.74. The minimum Gasteiger partial charge on any atom is -0.496 e. The summed E-state index contributed by atoms with van der Waals surface area (Å²) < 4.78 is 15.8. The Kier molecular flexibility index (Phi) is 5.56. The maximum atomic E-state index is 12.6. The maximum Gasteiger partial charge on any atom is 0.340 e. The topological polar surface area (TPSA) is 77.8 Å². The van der Waals surface area contributed by atoms with E-state index in [2.05, 4.69) is 5.32 Å². The molecule has 3 rings (SSSR count). The second kappa shape index (κ2) is 8.23. The van der Waals surface area contributed by atoms with Gasteiger partial charge in [0.25, 0.3) is 5.91 Å². The zero-order valence-corrected chi connectivity index (χ0v) is 15.0. The highest BCUT2D eigenvalue weighted by molar-refractivity contribution is 6.06. The van der Waals surface area contributed by atoms with E-state index < -0.39 is 11.9 Å². The van der Waals surface area contributed by atoms with Crippen molar-refractivity contribution in [3.8, 4) is 5.75 Å². The Morgan fingerprint density at radius 1 is 1.07 bits per heavy atom. The molecule has 2 aromatic carbocycles. The summed E-state index contributed by atoms with van der Waals surface area (Å²) in [6.45, 7) is 2.01. The number of anilines is 1. The number of carbonyl (C=O) groups excluding carboxylic acids is 2. The summed E-state index contributed by atoms with van der Waals surface area (Å²) >= 11 is 0. The number of carbonyl (C=O) groups is 2. The van der Waals surface area contributed by atoms with Gasteiger partial charge in [-0.3, -0.25) is 4.79 Å². The number of amides is 1. The van der Waals surface area contributed by atoms with Gasteiger partial charge in [0.15, 0.2) is 5.76 Å². The molecule has 6 nitrogen and oxygen atoms in total. The number of furan rings is 1. The molecule has 27 heavy (non-hydrogen) atoms. The summed E-state index contributed by atoms with van der Waals surface area (Å²) in [7, 11) is 1.56. The normalized spacial score (nSPS) is 10.3. The third-order valence-electron chi connectivity index (χ3n) is 3.93. The van der Waals surface area contributed by atoms with Crippen molar-refractivity contribution in [2.45, 2.75) is 13.5 Å². The molecule has 0 bridgehead atoms. The fourth-order valence-electron chi connectivity index (χ4n) is 2.60. The van der Waals surface area contributed by atoms with Crippen molar-refractivity contribution in [2.75, 3.05) is 12.4 Å². The molecule has 0 radical (unpaired) electrons. The lowest BCUT2D eigenvalue weighted by Crippen LogP contribution is -2.15. The molecule has 0 spiro atoms. The number of hydrogen-bond donors (Lipinski definition) is 1. The first-order valence-electron chi connectivity index (χ1n) is 8.33. The van der Waals surface area contributed by atoms with E-state index in [9.17, 15) is 9.59 Å². The quantitative estimate of drug-likeness (QED) is 0.662. The Bertz CT molecular complexity index is 947. The van der Waals surface area contributed by atoms with Crippen LogP contribution in [0.4, 0.5) is 5.69 Å². The average molecular weight is 365 g/mol. The van der Waals surface area contributed by atoms with Gasteiger partial charge in [-0.1, -0.05) is 23.8 Å². The van der Waals surface area contributed by atoms with Gasteiger partial charge in [-0.25, -0.2) is 4.79 Å². The lowest BCUT2D eigenvalue weighted by Gasteiger charge is -2.12. The van der Waals surface area contributed by atoms with E-state index in [4.69, 9.17) is 13.9 Å². The number of hydrogen-bond acceptors (Lipinski definition) is 5. The van der Waals surface area contributed by atoms with Crippen LogP contribution < -0.4 is 10.1 Å². The minimum absolute atomic E-state index is 0.0597. The van der Waals surface area contributed by atoms with Crippen LogP contribution in [0, 0.1) is 6.92 Å². The predicted molar refractivity (Wildman–Crippen MR) is 100.0 cm³/mol. The highest BCUT2D eigenvalue weighted by atomic mass is 16.5. The molecule has 6 heteroatoms. The molecule has 1 amide bonds. The molecular weight excluding hydrogens is 346 g/mol. The van der Waals surface area contributed by atoms with Crippen molar-refractivity contribution in [3.05, 3.63) is 83.3 Å². The Morgan fingerprint density at radius 3 is 2.63 bits per heavy atom. The van der Waals surface area contributed by atoms with Crippen LogP contribution in [-0.2, 0) is 11.3 Å². The molecule has 0 unspecified atom stereocenters. The first kappa shape index (κ1) is 18.3. The van der Waals surface area contributed by atoms with Crippen molar-refractivity contribution in [1.82, 2.24) is 0 Å². The molecule has 0 saturated carbocycles. The largest absolute Gasteiger partial charge is 0.496 e. The van der Waals surface area contributed by atoms with Crippen LogP contribution >= 0.6 is 0 Å². The van der Waals surface area contributed by atoms with Gasteiger partial charge in [-0.05, 0) is 43.3 Å². The first-order valence-corrected chi connectivity index (χ1v) is 8.33. The maximum absolute atomic E-state index is 12.6. The summed E-state index contributed by atoms with van der Waals surface area (Å²) in [6.07, 6.45) is 1.41. The Hall–Kier alpha value is -3.54. The number of benzene rings is 2. The van der Waals surface area contributed by atoms with Crippen LogP contribution in [0.1, 0.15) is 32.0 Å². The van der Waals surface area contributed by atoms with Gasteiger partial charge in [0.05, 0.1) is 24.6 Å². The zero-order chi connectivity index (χ0) is 19.2. The highest BCUT2D eigenvalue weighted by Gasteiger charge is 2.17. The Labute approximate surface area is 156 Å². The van der Waals surface area contributed by atoms with Gasteiger partial charge in [0.1, 0.15) is 12.4 Å². The highest BCUT2D eigenvalue weighted by Crippen LogP contribution is 2.22. The molecule has 0 fully saturated rings. The van der Waals surface area contributed by atoms with Crippen LogP contribution in [0.3, 0.4) is 0 Å². The van der Waals surface area contributed by atoms with Gasteiger partial charge in [0.2, 0.25) is 0 Å². The van der Waals surface area contributed by atoms with Gasteiger partial charge >= 0.3 is 5.97 Å². The van der Waals surface area contributed by atoms with Crippen molar-refractivity contribution in [2.24, 2.45) is 0 Å². The van der Waals surface area contributed by atoms with E-state index in [-0.39, 0.29) is 17.9 Å². The number of aryl methyl sites for hydroxylation is 1. The first-order chi connectivity index (χ1) is 13.1. The fraction of sp³-hybridized carbons (Fsp3) is 0.143. The van der Waals surface area contributed by atoms with Crippen molar-refractivity contribution >= 4 is 17.6 Å². The predicted octanol–water partition coefficient (Wildman–Crippen LogP) is 4.21. The molecule has 0 atom stereocenters. The molecular formula is C21H19NO5. The van der Waals surface area contributed by atoms with Crippen LogP contribution in [0.2, 0.25) is 0 Å². The monoisotopic (exact) mass is 365 g/mol. The molecule has 1 heterocycles. The van der Waals surface area contributed by atoms with Crippen LogP contribution in [-0.4, -0.2) is 19.0 Å². The van der Waals surface area contributed by atoms with Gasteiger partial charge in [-0.2, -0.15) is 0 Å². The molecule has 1 aromatic heterocycles. The molecule has 138 valence electrons. The van der Waals surface area contributed by atoms with E-state index >= 15 is 0 Å². The van der Waals surface area contributed by atoms with Crippen molar-refractivity contribution in [1.29, 1.82) is 0 Å². The van der Waals surface area contributed by atoms with Crippen molar-refractivity contribution < 1.29 is 23.5 Å². The standard InChI is InChI=1S/C21H19NO5/c1-14-9-10-18(25-2)15(12-14)13-27-21(24)16-6-3-4-7-17(16)22-20(23)19-8-5-11-26-19/h3-12H,13H2,1-2H3,(H,22,23). The van der Waals surface area contributed by atoms with Gasteiger partial charge < -0.3 is 19.2 Å². The van der Waals surface area contributed by atoms with Crippen LogP contribution in [0.5, 0.6) is 5.75 Å². The van der Waals surface area contributed by atoms with Crippen molar-refractivity contribution in [3.63, 3.8) is 0 Å². The molecule has 0 aliphatic heterocycles. The van der Waals surface area contributed by atoms with Crippen LogP contribution in [0.15, 0.2) is 65.3 Å². The third-order valence-corrected chi connectivity index (χ3v) is 3.93. The number of rotatable bonds is 6. The molecule has 0 aliphatic carbocycles. The number of methoxy groups -OCH3 is 1. The Morgan fingerprint density at radius 2 is 1.89 bits per heavy atom. The van der Waals surface area contributed by atoms with E-state index in [1.807, 2.05) is 25.1 Å². The van der Waals surface area contributed by atoms with E-state index in [1.165, 1.54) is 6.26 Å².